The molecule has 0 aliphatic heterocycles. The van der Waals surface area contributed by atoms with Crippen LogP contribution in [0.3, 0.4) is 0 Å². The maximum absolute atomic E-state index is 11.3. The summed E-state index contributed by atoms with van der Waals surface area (Å²) in [6.07, 6.45) is 3.77. The van der Waals surface area contributed by atoms with Crippen LogP contribution in [0.2, 0.25) is 0 Å². The van der Waals surface area contributed by atoms with Gasteiger partial charge in [0.15, 0.2) is 0 Å². The molecule has 0 bridgehead atoms. The third-order valence-electron chi connectivity index (χ3n) is 8.67. The minimum Gasteiger partial charge on any atom is -0.493 e. The standard InChI is InChI=1S/C28H28N2O4.C18H15NO3/c1-21-26(29-28(34-21)24-10-6-3-7-11-24)16-17-33-25-14-12-23(13-15-25)19-30(20-27(31)32)18-22-8-4-2-5-9-22;20-12-14-6-8-17(9-7-14)21-11-10-16-13-22-18(19-16)15-4-2-1-3-5-15/h2-15H,16-20H2,1H3,(H,31,32);1-9,12-13H,10-11H2. The van der Waals surface area contributed by atoms with Crippen molar-refractivity contribution in [2.24, 2.45) is 0 Å². The Kier molecular flexibility index (Phi) is 13.9. The Bertz CT molecular complexity index is 2240. The molecule has 2 heterocycles. The molecule has 7 aromatic rings. The zero-order valence-corrected chi connectivity index (χ0v) is 31.1. The first-order valence-electron chi connectivity index (χ1n) is 18.3. The Morgan fingerprint density at radius 2 is 1.21 bits per heavy atom. The molecule has 0 atom stereocenters. The number of rotatable bonds is 17. The molecule has 10 nitrogen and oxygen atoms in total. The van der Waals surface area contributed by atoms with Crippen LogP contribution in [0, 0.1) is 6.92 Å². The Labute approximate surface area is 326 Å². The SMILES string of the molecule is Cc1oc(-c2ccccc2)nc1CCOc1ccc(CN(CC(=O)O)Cc2ccccc2)cc1.O=Cc1ccc(OCCc2coc(-c3ccccc3)n2)cc1. The van der Waals surface area contributed by atoms with Crippen LogP contribution in [0.15, 0.2) is 155 Å². The number of carbonyl (C=O) groups is 2. The van der Waals surface area contributed by atoms with E-state index < -0.39 is 5.97 Å². The quantitative estimate of drug-likeness (QED) is 0.0901. The highest BCUT2D eigenvalue weighted by Crippen LogP contribution is 2.23. The summed E-state index contributed by atoms with van der Waals surface area (Å²) in [5.41, 5.74) is 6.41. The minimum absolute atomic E-state index is 0.0187. The van der Waals surface area contributed by atoms with E-state index in [1.165, 1.54) is 0 Å². The van der Waals surface area contributed by atoms with Crippen molar-refractivity contribution in [3.63, 3.8) is 0 Å². The van der Waals surface area contributed by atoms with Crippen molar-refractivity contribution in [2.75, 3.05) is 19.8 Å². The van der Waals surface area contributed by atoms with Crippen LogP contribution in [0.4, 0.5) is 0 Å². The van der Waals surface area contributed by atoms with Crippen molar-refractivity contribution in [2.45, 2.75) is 32.9 Å². The number of ether oxygens (including phenoxy) is 2. The van der Waals surface area contributed by atoms with Crippen molar-refractivity contribution < 1.29 is 33.0 Å². The van der Waals surface area contributed by atoms with Crippen molar-refractivity contribution in [1.29, 1.82) is 0 Å². The fraction of sp³-hybridized carbons (Fsp3) is 0.174. The normalized spacial score (nSPS) is 10.8. The van der Waals surface area contributed by atoms with Gasteiger partial charge in [-0.3, -0.25) is 14.5 Å². The van der Waals surface area contributed by atoms with E-state index in [1.807, 2.05) is 127 Å². The summed E-state index contributed by atoms with van der Waals surface area (Å²) in [6, 6.07) is 44.3. The number of aldehydes is 1. The lowest BCUT2D eigenvalue weighted by Gasteiger charge is -2.20. The second kappa shape index (κ2) is 20.1. The predicted molar refractivity (Wildman–Crippen MR) is 213 cm³/mol. The van der Waals surface area contributed by atoms with Crippen molar-refractivity contribution in [1.82, 2.24) is 14.9 Å². The van der Waals surface area contributed by atoms with E-state index in [-0.39, 0.29) is 6.54 Å². The summed E-state index contributed by atoms with van der Waals surface area (Å²) in [6.45, 7) is 4.01. The molecule has 1 N–H and O–H groups in total. The predicted octanol–water partition coefficient (Wildman–Crippen LogP) is 9.13. The number of carbonyl (C=O) groups excluding carboxylic acids is 1. The number of aromatic nitrogens is 2. The van der Waals surface area contributed by atoms with Gasteiger partial charge in [-0.2, -0.15) is 0 Å². The summed E-state index contributed by atoms with van der Waals surface area (Å²) in [5.74, 6) is 2.70. The zero-order chi connectivity index (χ0) is 39.0. The van der Waals surface area contributed by atoms with E-state index >= 15 is 0 Å². The Hall–Kier alpha value is -6.78. The number of carboxylic acids is 1. The van der Waals surface area contributed by atoms with Crippen LogP contribution in [0.1, 0.15) is 38.6 Å². The molecule has 0 fully saturated rings. The molecule has 0 saturated heterocycles. The van der Waals surface area contributed by atoms with Gasteiger partial charge in [0, 0.05) is 42.6 Å². The fourth-order valence-electron chi connectivity index (χ4n) is 5.83. The second-order valence-electron chi connectivity index (χ2n) is 13.0. The highest BCUT2D eigenvalue weighted by molar-refractivity contribution is 5.74. The first-order valence-corrected chi connectivity index (χ1v) is 18.3. The van der Waals surface area contributed by atoms with Gasteiger partial charge in [0.1, 0.15) is 29.8 Å². The van der Waals surface area contributed by atoms with Gasteiger partial charge in [-0.25, -0.2) is 9.97 Å². The molecule has 0 aliphatic rings. The Morgan fingerprint density at radius 1 is 0.679 bits per heavy atom. The topological polar surface area (TPSA) is 128 Å². The molecule has 0 aliphatic carbocycles. The van der Waals surface area contributed by atoms with Gasteiger partial charge >= 0.3 is 5.97 Å². The average Bonchev–Trinajstić information content (AvgIpc) is 3.86. The van der Waals surface area contributed by atoms with Crippen LogP contribution < -0.4 is 9.47 Å². The number of aliphatic carboxylic acids is 1. The smallest absolute Gasteiger partial charge is 0.317 e. The molecule has 0 saturated carbocycles. The molecular formula is C46H43N3O7. The highest BCUT2D eigenvalue weighted by atomic mass is 16.5. The van der Waals surface area contributed by atoms with Crippen LogP contribution in [-0.4, -0.2) is 52.0 Å². The van der Waals surface area contributed by atoms with E-state index in [0.717, 1.165) is 57.2 Å². The van der Waals surface area contributed by atoms with Crippen LogP contribution >= 0.6 is 0 Å². The summed E-state index contributed by atoms with van der Waals surface area (Å²) in [7, 11) is 0. The Morgan fingerprint density at radius 3 is 1.80 bits per heavy atom. The number of carboxylic acid groups (broad SMARTS) is 1. The van der Waals surface area contributed by atoms with Gasteiger partial charge in [0.05, 0.1) is 31.1 Å². The third-order valence-corrected chi connectivity index (χ3v) is 8.67. The van der Waals surface area contributed by atoms with Crippen molar-refractivity contribution >= 4 is 12.3 Å². The molecular weight excluding hydrogens is 707 g/mol. The monoisotopic (exact) mass is 749 g/mol. The second-order valence-corrected chi connectivity index (χ2v) is 13.0. The Balaban J connectivity index is 0.000000208. The molecule has 7 rings (SSSR count). The maximum atomic E-state index is 11.3. The molecule has 5 aromatic carbocycles. The van der Waals surface area contributed by atoms with E-state index in [4.69, 9.17) is 18.3 Å². The van der Waals surface area contributed by atoms with Crippen molar-refractivity contribution in [3.8, 4) is 34.4 Å². The van der Waals surface area contributed by atoms with Gasteiger partial charge < -0.3 is 23.4 Å². The number of oxazole rings is 2. The van der Waals surface area contributed by atoms with Gasteiger partial charge in [-0.05, 0) is 78.7 Å². The summed E-state index contributed by atoms with van der Waals surface area (Å²) in [4.78, 5) is 32.9. The van der Waals surface area contributed by atoms with Gasteiger partial charge in [-0.15, -0.1) is 0 Å². The molecule has 0 radical (unpaired) electrons. The molecule has 0 amide bonds. The first kappa shape index (κ1) is 38.9. The minimum atomic E-state index is -0.838. The molecule has 284 valence electrons. The number of nitrogens with zero attached hydrogens (tertiary/aromatic N) is 3. The molecule has 0 spiro atoms. The lowest BCUT2D eigenvalue weighted by molar-refractivity contribution is -0.138. The number of aryl methyl sites for hydroxylation is 1. The van der Waals surface area contributed by atoms with Gasteiger partial charge in [-0.1, -0.05) is 78.9 Å². The van der Waals surface area contributed by atoms with Crippen LogP contribution in [-0.2, 0) is 30.7 Å². The maximum Gasteiger partial charge on any atom is 0.317 e. The lowest BCUT2D eigenvalue weighted by atomic mass is 10.1. The number of benzene rings is 5. The van der Waals surface area contributed by atoms with Gasteiger partial charge in [0.25, 0.3) is 0 Å². The zero-order valence-electron chi connectivity index (χ0n) is 31.1. The van der Waals surface area contributed by atoms with Crippen LogP contribution in [0.25, 0.3) is 22.9 Å². The lowest BCUT2D eigenvalue weighted by Crippen LogP contribution is -2.28. The van der Waals surface area contributed by atoms with E-state index in [0.29, 0.717) is 56.5 Å². The number of hydrogen-bond donors (Lipinski definition) is 1. The summed E-state index contributed by atoms with van der Waals surface area (Å²) < 4.78 is 22.8. The molecule has 2 aromatic heterocycles. The van der Waals surface area contributed by atoms with Crippen molar-refractivity contribution in [3.05, 3.63) is 180 Å². The molecule has 0 unspecified atom stereocenters. The third kappa shape index (κ3) is 11.9. The largest absolute Gasteiger partial charge is 0.493 e. The fourth-order valence-corrected chi connectivity index (χ4v) is 5.83. The van der Waals surface area contributed by atoms with E-state index in [1.54, 1.807) is 30.5 Å². The number of hydrogen-bond acceptors (Lipinski definition) is 9. The van der Waals surface area contributed by atoms with Crippen LogP contribution in [0.5, 0.6) is 11.5 Å². The summed E-state index contributed by atoms with van der Waals surface area (Å²) >= 11 is 0. The molecule has 56 heavy (non-hydrogen) atoms. The molecule has 10 heteroatoms. The van der Waals surface area contributed by atoms with Gasteiger partial charge in [0.2, 0.25) is 11.8 Å². The van der Waals surface area contributed by atoms with E-state index in [2.05, 4.69) is 9.97 Å². The first-order chi connectivity index (χ1) is 27.4. The van der Waals surface area contributed by atoms with E-state index in [9.17, 15) is 14.7 Å². The average molecular weight is 750 g/mol. The highest BCUT2D eigenvalue weighted by Gasteiger charge is 2.13. The summed E-state index contributed by atoms with van der Waals surface area (Å²) in [5, 5.41) is 9.29.